The number of nitrogens with zero attached hydrogens (tertiary/aromatic N) is 3. The maximum atomic E-state index is 13.7. The van der Waals surface area contributed by atoms with E-state index in [0.717, 1.165) is 60.6 Å². The summed E-state index contributed by atoms with van der Waals surface area (Å²) >= 11 is 7.88. The van der Waals surface area contributed by atoms with Gasteiger partial charge in [-0.15, -0.1) is 0 Å². The Kier molecular flexibility index (Phi) is 7.21. The number of benzene rings is 3. The molecule has 2 heterocycles. The minimum absolute atomic E-state index is 0.0447. The predicted molar refractivity (Wildman–Crippen MR) is 140 cm³/mol. The van der Waals surface area contributed by atoms with Gasteiger partial charge in [0.1, 0.15) is 5.52 Å². The second-order valence-corrected chi connectivity index (χ2v) is 9.71. The Morgan fingerprint density at radius 2 is 1.71 bits per heavy atom. The summed E-state index contributed by atoms with van der Waals surface area (Å²) in [6, 6.07) is 23.7. The molecule has 1 aliphatic heterocycles. The number of halogens is 1. The fourth-order valence-corrected chi connectivity index (χ4v) is 5.46. The van der Waals surface area contributed by atoms with E-state index in [1.54, 1.807) is 4.90 Å². The Balaban J connectivity index is 1.39. The summed E-state index contributed by atoms with van der Waals surface area (Å²) in [7, 11) is 0. The average Bonchev–Trinajstić information content (AvgIpc) is 3.33. The van der Waals surface area contributed by atoms with Crippen molar-refractivity contribution in [3.05, 3.63) is 83.4 Å². The Bertz CT molecular complexity index is 1250. The summed E-state index contributed by atoms with van der Waals surface area (Å²) < 4.78 is 6.43. The number of morpholine rings is 1. The molecule has 0 bridgehead atoms. The SMILES string of the molecule is O=C(c1ccc(-c2ccccc2)cc1)N(CCCN1CCOCC1)c1nc2c(Cl)cccc2s1. The first-order valence-electron chi connectivity index (χ1n) is 11.5. The van der Waals surface area contributed by atoms with Crippen LogP contribution < -0.4 is 4.90 Å². The smallest absolute Gasteiger partial charge is 0.260 e. The Hall–Kier alpha value is -2.77. The van der Waals surface area contributed by atoms with Gasteiger partial charge in [-0.25, -0.2) is 4.98 Å². The standard InChI is InChI=1S/C27H26ClN3O2S/c28-23-8-4-9-24-25(23)29-27(34-24)31(15-5-14-30-16-18-33-19-17-30)26(32)22-12-10-21(11-13-22)20-6-2-1-3-7-20/h1-4,6-13H,5,14-19H2. The number of hydrogen-bond donors (Lipinski definition) is 0. The van der Waals surface area contributed by atoms with E-state index in [0.29, 0.717) is 22.3 Å². The number of anilines is 1. The van der Waals surface area contributed by atoms with E-state index >= 15 is 0 Å². The van der Waals surface area contributed by atoms with Gasteiger partial charge in [-0.1, -0.05) is 71.5 Å². The second kappa shape index (κ2) is 10.7. The quantitative estimate of drug-likeness (QED) is 0.319. The molecule has 3 aromatic carbocycles. The number of ether oxygens (including phenoxy) is 1. The summed E-state index contributed by atoms with van der Waals surface area (Å²) in [5.74, 6) is -0.0447. The highest BCUT2D eigenvalue weighted by molar-refractivity contribution is 7.22. The molecule has 4 aromatic rings. The second-order valence-electron chi connectivity index (χ2n) is 8.29. The molecule has 174 valence electrons. The van der Waals surface area contributed by atoms with Crippen LogP contribution in [0, 0.1) is 0 Å². The lowest BCUT2D eigenvalue weighted by atomic mass is 10.0. The molecule has 1 saturated heterocycles. The van der Waals surface area contributed by atoms with Crippen molar-refractivity contribution in [3.8, 4) is 11.1 Å². The van der Waals surface area contributed by atoms with Crippen molar-refractivity contribution in [2.45, 2.75) is 6.42 Å². The molecule has 0 unspecified atom stereocenters. The van der Waals surface area contributed by atoms with Crippen LogP contribution in [-0.2, 0) is 4.74 Å². The van der Waals surface area contributed by atoms with E-state index in [9.17, 15) is 4.79 Å². The Morgan fingerprint density at radius 3 is 2.44 bits per heavy atom. The number of thiazole rings is 1. The zero-order valence-corrected chi connectivity index (χ0v) is 20.4. The normalized spacial score (nSPS) is 14.4. The zero-order chi connectivity index (χ0) is 23.3. The molecule has 1 aromatic heterocycles. The third-order valence-corrected chi connectivity index (χ3v) is 7.38. The molecule has 0 atom stereocenters. The average molecular weight is 492 g/mol. The van der Waals surface area contributed by atoms with Crippen molar-refractivity contribution in [1.29, 1.82) is 0 Å². The van der Waals surface area contributed by atoms with Gasteiger partial charge in [0.25, 0.3) is 5.91 Å². The number of rotatable bonds is 7. The van der Waals surface area contributed by atoms with Crippen molar-refractivity contribution in [2.75, 3.05) is 44.3 Å². The first-order valence-corrected chi connectivity index (χ1v) is 12.7. The molecular weight excluding hydrogens is 466 g/mol. The number of carbonyl (C=O) groups is 1. The third kappa shape index (κ3) is 5.15. The van der Waals surface area contributed by atoms with Crippen LogP contribution in [0.2, 0.25) is 5.02 Å². The van der Waals surface area contributed by atoms with E-state index in [4.69, 9.17) is 21.3 Å². The Morgan fingerprint density at radius 1 is 0.971 bits per heavy atom. The summed E-state index contributed by atoms with van der Waals surface area (Å²) in [4.78, 5) is 22.6. The summed E-state index contributed by atoms with van der Waals surface area (Å²) in [5, 5.41) is 1.29. The van der Waals surface area contributed by atoms with Gasteiger partial charge in [0.05, 0.1) is 22.9 Å². The lowest BCUT2D eigenvalue weighted by Gasteiger charge is -2.27. The van der Waals surface area contributed by atoms with E-state index < -0.39 is 0 Å². The van der Waals surface area contributed by atoms with E-state index in [-0.39, 0.29) is 5.91 Å². The summed E-state index contributed by atoms with van der Waals surface area (Å²) in [6.45, 7) is 4.93. The monoisotopic (exact) mass is 491 g/mol. The highest BCUT2D eigenvalue weighted by Crippen LogP contribution is 2.33. The van der Waals surface area contributed by atoms with Gasteiger partial charge in [-0.05, 0) is 41.8 Å². The van der Waals surface area contributed by atoms with Gasteiger partial charge in [0, 0.05) is 31.7 Å². The first kappa shape index (κ1) is 23.0. The fourth-order valence-electron chi connectivity index (χ4n) is 4.17. The van der Waals surface area contributed by atoms with Crippen molar-refractivity contribution >= 4 is 44.2 Å². The van der Waals surface area contributed by atoms with E-state index in [1.165, 1.54) is 11.3 Å². The largest absolute Gasteiger partial charge is 0.379 e. The van der Waals surface area contributed by atoms with Crippen molar-refractivity contribution < 1.29 is 9.53 Å². The van der Waals surface area contributed by atoms with Gasteiger partial charge in [-0.2, -0.15) is 0 Å². The van der Waals surface area contributed by atoms with Gasteiger partial charge < -0.3 is 4.74 Å². The maximum Gasteiger partial charge on any atom is 0.260 e. The predicted octanol–water partition coefficient (Wildman–Crippen LogP) is 5.99. The first-order chi connectivity index (χ1) is 16.7. The molecule has 7 heteroatoms. The van der Waals surface area contributed by atoms with Crippen molar-refractivity contribution in [2.24, 2.45) is 0 Å². The number of para-hydroxylation sites is 1. The topological polar surface area (TPSA) is 45.7 Å². The van der Waals surface area contributed by atoms with Crippen LogP contribution >= 0.6 is 22.9 Å². The molecule has 0 N–H and O–H groups in total. The third-order valence-electron chi connectivity index (χ3n) is 6.03. The summed E-state index contributed by atoms with van der Waals surface area (Å²) in [5.41, 5.74) is 3.61. The molecule has 1 fully saturated rings. The molecule has 0 spiro atoms. The molecule has 0 aliphatic carbocycles. The number of carbonyl (C=O) groups excluding carboxylic acids is 1. The molecule has 5 rings (SSSR count). The van der Waals surface area contributed by atoms with E-state index in [1.807, 2.05) is 60.7 Å². The van der Waals surface area contributed by atoms with E-state index in [2.05, 4.69) is 17.0 Å². The number of aromatic nitrogens is 1. The van der Waals surface area contributed by atoms with Crippen LogP contribution in [0.1, 0.15) is 16.8 Å². The highest BCUT2D eigenvalue weighted by atomic mass is 35.5. The minimum atomic E-state index is -0.0447. The molecule has 0 saturated carbocycles. The highest BCUT2D eigenvalue weighted by Gasteiger charge is 2.22. The summed E-state index contributed by atoms with van der Waals surface area (Å²) in [6.07, 6.45) is 0.859. The van der Waals surface area contributed by atoms with Crippen LogP contribution in [0.4, 0.5) is 5.13 Å². The number of amides is 1. The number of fused-ring (bicyclic) bond motifs is 1. The van der Waals surface area contributed by atoms with Crippen molar-refractivity contribution in [1.82, 2.24) is 9.88 Å². The lowest BCUT2D eigenvalue weighted by molar-refractivity contribution is 0.0376. The van der Waals surface area contributed by atoms with Crippen LogP contribution in [-0.4, -0.2) is 55.2 Å². The van der Waals surface area contributed by atoms with Crippen molar-refractivity contribution in [3.63, 3.8) is 0 Å². The van der Waals surface area contributed by atoms with Crippen LogP contribution in [0.25, 0.3) is 21.3 Å². The van der Waals surface area contributed by atoms with Crippen LogP contribution in [0.3, 0.4) is 0 Å². The van der Waals surface area contributed by atoms with Crippen LogP contribution in [0.15, 0.2) is 72.8 Å². The lowest BCUT2D eigenvalue weighted by Crippen LogP contribution is -2.39. The Labute approximate surface area is 208 Å². The molecule has 1 amide bonds. The van der Waals surface area contributed by atoms with Gasteiger partial charge >= 0.3 is 0 Å². The molecule has 0 radical (unpaired) electrons. The number of hydrogen-bond acceptors (Lipinski definition) is 5. The zero-order valence-electron chi connectivity index (χ0n) is 18.8. The molecular formula is C27H26ClN3O2S. The van der Waals surface area contributed by atoms with Gasteiger partial charge in [-0.3, -0.25) is 14.6 Å². The molecule has 1 aliphatic rings. The molecule has 5 nitrogen and oxygen atoms in total. The minimum Gasteiger partial charge on any atom is -0.379 e. The maximum absolute atomic E-state index is 13.7. The van der Waals surface area contributed by atoms with Crippen LogP contribution in [0.5, 0.6) is 0 Å². The van der Waals surface area contributed by atoms with Gasteiger partial charge in [0.15, 0.2) is 5.13 Å². The fraction of sp³-hybridized carbons (Fsp3) is 0.259. The molecule has 34 heavy (non-hydrogen) atoms. The van der Waals surface area contributed by atoms with Gasteiger partial charge in [0.2, 0.25) is 0 Å².